The van der Waals surface area contributed by atoms with Crippen LogP contribution in [0.4, 0.5) is 11.1 Å². The molecule has 1 fully saturated rings. The smallest absolute Gasteiger partial charge is 0.348 e. The summed E-state index contributed by atoms with van der Waals surface area (Å²) in [7, 11) is 8.00. The molecule has 0 unspecified atom stereocenters. The van der Waals surface area contributed by atoms with Crippen molar-refractivity contribution >= 4 is 22.4 Å². The van der Waals surface area contributed by atoms with E-state index in [2.05, 4.69) is 14.9 Å². The maximum Gasteiger partial charge on any atom is 0.384 e. The molecule has 1 aliphatic rings. The van der Waals surface area contributed by atoms with Gasteiger partial charge in [0.05, 0.1) is 14.1 Å². The third-order valence-corrected chi connectivity index (χ3v) is 3.90. The quantitative estimate of drug-likeness (QED) is 0.708. The fourth-order valence-electron chi connectivity index (χ4n) is 1.76. The van der Waals surface area contributed by atoms with Gasteiger partial charge in [-0.3, -0.25) is 4.58 Å². The second-order valence-electron chi connectivity index (χ2n) is 4.67. The highest BCUT2D eigenvalue weighted by Gasteiger charge is 2.19. The highest BCUT2D eigenvalue weighted by atomic mass is 32.1. The molecule has 0 atom stereocenters. The third-order valence-electron chi connectivity index (χ3n) is 2.73. The van der Waals surface area contributed by atoms with Gasteiger partial charge in [0.15, 0.2) is 5.13 Å². The van der Waals surface area contributed by atoms with Gasteiger partial charge in [0, 0.05) is 32.2 Å². The van der Waals surface area contributed by atoms with Crippen LogP contribution in [0.15, 0.2) is 0 Å². The van der Waals surface area contributed by atoms with Crippen molar-refractivity contribution in [3.63, 3.8) is 0 Å². The summed E-state index contributed by atoms with van der Waals surface area (Å²) in [6.45, 7) is 2.24. The molecule has 5 nitrogen and oxygen atoms in total. The van der Waals surface area contributed by atoms with E-state index in [1.54, 1.807) is 11.3 Å². The molecule has 0 aliphatic carbocycles. The fourth-order valence-corrected chi connectivity index (χ4v) is 2.67. The second kappa shape index (κ2) is 5.00. The van der Waals surface area contributed by atoms with E-state index in [1.165, 1.54) is 12.8 Å². The Bertz CT molecular complexity index is 455. The lowest BCUT2D eigenvalue weighted by molar-refractivity contribution is 0.790. The molecule has 2 rings (SSSR count). The number of rotatable bonds is 2. The van der Waals surface area contributed by atoms with Gasteiger partial charge in [-0.2, -0.15) is 4.98 Å². The number of hydrogen-bond donors (Lipinski definition) is 0. The molecule has 0 radical (unpaired) electrons. The van der Waals surface area contributed by atoms with E-state index in [1.807, 2.05) is 37.7 Å². The highest BCUT2D eigenvalue weighted by molar-refractivity contribution is 7.12. The second-order valence-corrected chi connectivity index (χ2v) is 5.61. The van der Waals surface area contributed by atoms with Gasteiger partial charge >= 0.3 is 10.7 Å². The van der Waals surface area contributed by atoms with Gasteiger partial charge in [-0.05, 0) is 24.2 Å². The average molecular weight is 254 g/mol. The van der Waals surface area contributed by atoms with E-state index >= 15 is 0 Å². The Hall–Kier alpha value is -1.17. The molecule has 0 bridgehead atoms. The van der Waals surface area contributed by atoms with Crippen LogP contribution < -0.4 is 19.2 Å². The number of hydrogen-bond acceptors (Lipinski definition) is 5. The normalized spacial score (nSPS) is 15.2. The van der Waals surface area contributed by atoms with Crippen LogP contribution in [0.5, 0.6) is 0 Å². The van der Waals surface area contributed by atoms with Gasteiger partial charge in [0.2, 0.25) is 0 Å². The van der Waals surface area contributed by atoms with Gasteiger partial charge in [0.1, 0.15) is 0 Å². The molecule has 0 saturated carbocycles. The summed E-state index contributed by atoms with van der Waals surface area (Å²) in [6.07, 6.45) is 2.54. The van der Waals surface area contributed by atoms with Gasteiger partial charge in [-0.15, -0.1) is 0 Å². The number of anilines is 2. The minimum absolute atomic E-state index is 0.786. The molecule has 2 heterocycles. The average Bonchev–Trinajstić information content (AvgIpc) is 2.81. The predicted molar refractivity (Wildman–Crippen MR) is 72.8 cm³/mol. The largest absolute Gasteiger partial charge is 0.384 e. The fraction of sp³-hybridized carbons (Fsp3) is 0.727. The molecule has 94 valence electrons. The Morgan fingerprint density at radius 3 is 2.35 bits per heavy atom. The van der Waals surface area contributed by atoms with Crippen molar-refractivity contribution in [1.29, 1.82) is 0 Å². The summed E-state index contributed by atoms with van der Waals surface area (Å²) in [5.74, 6) is 0.786. The van der Waals surface area contributed by atoms with Crippen molar-refractivity contribution in [2.45, 2.75) is 12.8 Å². The first-order valence-electron chi connectivity index (χ1n) is 5.89. The number of nitrogens with zero attached hydrogens (tertiary/aromatic N) is 5. The molecular weight excluding hydrogens is 234 g/mol. The molecule has 0 amide bonds. The van der Waals surface area contributed by atoms with Crippen LogP contribution in [-0.2, 0) is 0 Å². The molecule has 0 N–H and O–H groups in total. The molecule has 17 heavy (non-hydrogen) atoms. The summed E-state index contributed by atoms with van der Waals surface area (Å²) in [6, 6.07) is 0. The first-order valence-corrected chi connectivity index (χ1v) is 6.71. The zero-order chi connectivity index (χ0) is 12.4. The SMILES string of the molecule is CN(C)c1nc(N2CCCC2)sc(=[N+](C)C)n1. The first kappa shape index (κ1) is 12.3. The number of aromatic nitrogens is 2. The standard InChI is InChI=1S/C11H20N5S/c1-14(2)9-12-10(15(3)4)17-11(13-9)16-7-5-6-8-16/h5-8H2,1-4H3/q+1. The van der Waals surface area contributed by atoms with Crippen LogP contribution in [-0.4, -0.2) is 51.2 Å². The van der Waals surface area contributed by atoms with Gasteiger partial charge in [-0.1, -0.05) is 0 Å². The lowest BCUT2D eigenvalue weighted by Gasteiger charge is -2.15. The topological polar surface area (TPSA) is 35.3 Å². The zero-order valence-corrected chi connectivity index (χ0v) is 11.8. The van der Waals surface area contributed by atoms with Crippen molar-refractivity contribution in [1.82, 2.24) is 14.5 Å². The van der Waals surface area contributed by atoms with E-state index in [0.717, 1.165) is 29.0 Å². The van der Waals surface area contributed by atoms with Crippen molar-refractivity contribution in [2.24, 2.45) is 0 Å². The molecular formula is C11H20N5S+. The molecule has 6 heteroatoms. The molecule has 0 aromatic carbocycles. The Balaban J connectivity index is 2.48. The Kier molecular flexibility index (Phi) is 3.61. The van der Waals surface area contributed by atoms with E-state index < -0.39 is 0 Å². The molecule has 1 aliphatic heterocycles. The van der Waals surface area contributed by atoms with Crippen molar-refractivity contribution in [3.8, 4) is 0 Å². The van der Waals surface area contributed by atoms with Crippen molar-refractivity contribution in [3.05, 3.63) is 4.80 Å². The lowest BCUT2D eigenvalue weighted by atomic mass is 10.4. The van der Waals surface area contributed by atoms with E-state index in [4.69, 9.17) is 0 Å². The monoisotopic (exact) mass is 254 g/mol. The summed E-state index contributed by atoms with van der Waals surface area (Å²) in [5, 5.41) is 1.09. The lowest BCUT2D eigenvalue weighted by Crippen LogP contribution is -2.29. The molecule has 0 spiro atoms. The maximum atomic E-state index is 4.63. The first-order chi connectivity index (χ1) is 8.08. The Morgan fingerprint density at radius 2 is 1.82 bits per heavy atom. The molecule has 1 saturated heterocycles. The van der Waals surface area contributed by atoms with Crippen molar-refractivity contribution < 1.29 is 0 Å². The third kappa shape index (κ3) is 2.74. The van der Waals surface area contributed by atoms with E-state index in [0.29, 0.717) is 0 Å². The summed E-state index contributed by atoms with van der Waals surface area (Å²) in [5.41, 5.74) is 0. The predicted octanol–water partition coefficient (Wildman–Crippen LogP) is 0.236. The zero-order valence-electron chi connectivity index (χ0n) is 11.0. The van der Waals surface area contributed by atoms with Crippen molar-refractivity contribution in [2.75, 3.05) is 51.1 Å². The Morgan fingerprint density at radius 1 is 1.18 bits per heavy atom. The maximum absolute atomic E-state index is 4.63. The summed E-state index contributed by atoms with van der Waals surface area (Å²) >= 11 is 1.66. The van der Waals surface area contributed by atoms with Crippen LogP contribution in [0, 0.1) is 0 Å². The summed E-state index contributed by atoms with van der Waals surface area (Å²) < 4.78 is 2.04. The van der Waals surface area contributed by atoms with E-state index in [9.17, 15) is 0 Å². The van der Waals surface area contributed by atoms with Crippen LogP contribution in [0.1, 0.15) is 12.8 Å². The van der Waals surface area contributed by atoms with Crippen LogP contribution >= 0.6 is 11.3 Å². The van der Waals surface area contributed by atoms with E-state index in [-0.39, 0.29) is 0 Å². The van der Waals surface area contributed by atoms with Gasteiger partial charge in [-0.25, -0.2) is 0 Å². The highest BCUT2D eigenvalue weighted by Crippen LogP contribution is 2.20. The minimum Gasteiger partial charge on any atom is -0.348 e. The van der Waals surface area contributed by atoms with Gasteiger partial charge < -0.3 is 9.80 Å². The van der Waals surface area contributed by atoms with Gasteiger partial charge in [0.25, 0.3) is 0 Å². The van der Waals surface area contributed by atoms with Crippen LogP contribution in [0.25, 0.3) is 0 Å². The van der Waals surface area contributed by atoms with Crippen LogP contribution in [0.2, 0.25) is 0 Å². The molecule has 1 aromatic heterocycles. The Labute approximate surface area is 106 Å². The summed E-state index contributed by atoms with van der Waals surface area (Å²) in [4.78, 5) is 14.5. The molecule has 1 aromatic rings. The van der Waals surface area contributed by atoms with Crippen LogP contribution in [0.3, 0.4) is 0 Å². The minimum atomic E-state index is 0.786.